The van der Waals surface area contributed by atoms with Crippen molar-refractivity contribution in [1.29, 1.82) is 0 Å². The molecule has 5 heteroatoms. The molecule has 0 amide bonds. The highest BCUT2D eigenvalue weighted by atomic mass is 32.2. The second-order valence-electron chi connectivity index (χ2n) is 6.33. The smallest absolute Gasteiger partial charge is 0.191 e. The Morgan fingerprint density at radius 3 is 2.65 bits per heavy atom. The van der Waals surface area contributed by atoms with Gasteiger partial charge in [0.1, 0.15) is 0 Å². The minimum Gasteiger partial charge on any atom is -0.379 e. The highest BCUT2D eigenvalue weighted by molar-refractivity contribution is 8.00. The molecule has 1 rings (SSSR count). The standard InChI is InChI=1S/C15H31N3OS/c1-6-16-14(17-10-12-8-7-9-20-12)18-11-13(19-5)15(2,3)4/h12-13H,6-11H2,1-5H3,(H2,16,17,18). The molecule has 0 aromatic rings. The molecule has 1 aliphatic rings. The number of ether oxygens (including phenoxy) is 1. The van der Waals surface area contributed by atoms with Crippen LogP contribution in [0, 0.1) is 5.41 Å². The Hall–Kier alpha value is -0.420. The third kappa shape index (κ3) is 6.35. The molecular formula is C15H31N3OS. The van der Waals surface area contributed by atoms with Gasteiger partial charge in [0.15, 0.2) is 5.96 Å². The third-order valence-corrected chi connectivity index (χ3v) is 4.93. The summed E-state index contributed by atoms with van der Waals surface area (Å²) in [7, 11) is 1.76. The minimum atomic E-state index is 0.108. The van der Waals surface area contributed by atoms with E-state index in [0.717, 1.165) is 24.3 Å². The van der Waals surface area contributed by atoms with E-state index < -0.39 is 0 Å². The van der Waals surface area contributed by atoms with Crippen LogP contribution in [0.1, 0.15) is 40.5 Å². The molecule has 4 nitrogen and oxygen atoms in total. The summed E-state index contributed by atoms with van der Waals surface area (Å²) in [5.74, 6) is 2.21. The van der Waals surface area contributed by atoms with E-state index in [1.54, 1.807) is 7.11 Å². The summed E-state index contributed by atoms with van der Waals surface area (Å²) in [6.45, 7) is 11.2. The Bertz CT molecular complexity index is 296. The summed E-state index contributed by atoms with van der Waals surface area (Å²) >= 11 is 2.07. The van der Waals surface area contributed by atoms with Gasteiger partial charge in [-0.1, -0.05) is 20.8 Å². The largest absolute Gasteiger partial charge is 0.379 e. The van der Waals surface area contributed by atoms with E-state index in [0.29, 0.717) is 6.54 Å². The van der Waals surface area contributed by atoms with Crippen molar-refractivity contribution in [2.24, 2.45) is 10.4 Å². The number of hydrogen-bond donors (Lipinski definition) is 2. The van der Waals surface area contributed by atoms with Gasteiger partial charge in [-0.05, 0) is 30.9 Å². The van der Waals surface area contributed by atoms with Crippen LogP contribution in [-0.2, 0) is 4.74 Å². The number of thioether (sulfide) groups is 1. The molecule has 0 bridgehead atoms. The summed E-state index contributed by atoms with van der Waals surface area (Å²) in [4.78, 5) is 4.67. The number of nitrogens with zero attached hydrogens (tertiary/aromatic N) is 1. The predicted octanol–water partition coefficient (Wildman–Crippen LogP) is 2.50. The average Bonchev–Trinajstić information content (AvgIpc) is 2.88. The van der Waals surface area contributed by atoms with Crippen molar-refractivity contribution in [3.05, 3.63) is 0 Å². The van der Waals surface area contributed by atoms with Crippen LogP contribution in [0.15, 0.2) is 4.99 Å². The minimum absolute atomic E-state index is 0.108. The number of hydrogen-bond acceptors (Lipinski definition) is 3. The topological polar surface area (TPSA) is 45.7 Å². The van der Waals surface area contributed by atoms with Gasteiger partial charge < -0.3 is 15.4 Å². The summed E-state index contributed by atoms with van der Waals surface area (Å²) in [5, 5.41) is 7.50. The van der Waals surface area contributed by atoms with Crippen LogP contribution in [0.5, 0.6) is 0 Å². The quantitative estimate of drug-likeness (QED) is 0.584. The van der Waals surface area contributed by atoms with E-state index in [4.69, 9.17) is 4.74 Å². The number of methoxy groups -OCH3 is 1. The highest BCUT2D eigenvalue weighted by Crippen LogP contribution is 2.25. The molecule has 0 aliphatic carbocycles. The molecule has 20 heavy (non-hydrogen) atoms. The van der Waals surface area contributed by atoms with E-state index in [1.807, 2.05) is 0 Å². The van der Waals surface area contributed by atoms with Crippen LogP contribution in [-0.4, -0.2) is 49.8 Å². The second kappa shape index (κ2) is 8.78. The summed E-state index contributed by atoms with van der Waals surface area (Å²) in [5.41, 5.74) is 0.108. The van der Waals surface area contributed by atoms with E-state index >= 15 is 0 Å². The van der Waals surface area contributed by atoms with Crippen molar-refractivity contribution in [1.82, 2.24) is 10.6 Å². The summed E-state index contributed by atoms with van der Waals surface area (Å²) in [6.07, 6.45) is 2.80. The lowest BCUT2D eigenvalue weighted by Gasteiger charge is -2.28. The maximum atomic E-state index is 5.55. The lowest BCUT2D eigenvalue weighted by atomic mass is 9.89. The molecule has 2 atom stereocenters. The Morgan fingerprint density at radius 2 is 2.15 bits per heavy atom. The van der Waals surface area contributed by atoms with Crippen LogP contribution in [0.2, 0.25) is 0 Å². The van der Waals surface area contributed by atoms with E-state index in [2.05, 4.69) is 55.1 Å². The maximum Gasteiger partial charge on any atom is 0.191 e. The van der Waals surface area contributed by atoms with Gasteiger partial charge >= 0.3 is 0 Å². The van der Waals surface area contributed by atoms with Crippen molar-refractivity contribution in [3.63, 3.8) is 0 Å². The van der Waals surface area contributed by atoms with Crippen LogP contribution >= 0.6 is 11.8 Å². The summed E-state index contributed by atoms with van der Waals surface area (Å²) < 4.78 is 5.55. The van der Waals surface area contributed by atoms with Gasteiger partial charge in [0.05, 0.1) is 12.6 Å². The number of guanidine groups is 1. The third-order valence-electron chi connectivity index (χ3n) is 3.53. The van der Waals surface area contributed by atoms with E-state index in [1.165, 1.54) is 18.6 Å². The van der Waals surface area contributed by atoms with Crippen molar-refractivity contribution >= 4 is 17.7 Å². The van der Waals surface area contributed by atoms with Crippen molar-refractivity contribution in [2.45, 2.75) is 51.9 Å². The molecule has 1 fully saturated rings. The first-order valence-corrected chi connectivity index (χ1v) is 8.68. The van der Waals surface area contributed by atoms with E-state index in [-0.39, 0.29) is 11.5 Å². The lowest BCUT2D eigenvalue weighted by Crippen LogP contribution is -2.41. The molecule has 0 spiro atoms. The number of nitrogens with one attached hydrogen (secondary N) is 2. The van der Waals surface area contributed by atoms with Gasteiger partial charge in [-0.15, -0.1) is 0 Å². The summed E-state index contributed by atoms with van der Waals surface area (Å²) in [6, 6.07) is 0. The van der Waals surface area contributed by atoms with E-state index in [9.17, 15) is 0 Å². The first kappa shape index (κ1) is 17.6. The zero-order valence-electron chi connectivity index (χ0n) is 13.7. The molecule has 1 heterocycles. The van der Waals surface area contributed by atoms with Gasteiger partial charge in [-0.2, -0.15) is 11.8 Å². The van der Waals surface area contributed by atoms with Crippen molar-refractivity contribution in [3.8, 4) is 0 Å². The Morgan fingerprint density at radius 1 is 1.40 bits per heavy atom. The van der Waals surface area contributed by atoms with Gasteiger partial charge in [0.2, 0.25) is 0 Å². The Labute approximate surface area is 128 Å². The van der Waals surface area contributed by atoms with Crippen LogP contribution in [0.4, 0.5) is 0 Å². The SMILES string of the molecule is CCNC(=NCC(OC)C(C)(C)C)NCC1CCCS1. The first-order valence-electron chi connectivity index (χ1n) is 7.64. The zero-order chi connectivity index (χ0) is 15.0. The molecular weight excluding hydrogens is 270 g/mol. The fraction of sp³-hybridized carbons (Fsp3) is 0.933. The molecule has 0 aromatic carbocycles. The first-order chi connectivity index (χ1) is 9.47. The number of rotatable bonds is 6. The predicted molar refractivity (Wildman–Crippen MR) is 89.7 cm³/mol. The monoisotopic (exact) mass is 301 g/mol. The molecule has 2 N–H and O–H groups in total. The Balaban J connectivity index is 2.48. The fourth-order valence-corrected chi connectivity index (χ4v) is 3.43. The zero-order valence-corrected chi connectivity index (χ0v) is 14.5. The number of aliphatic imine (C=N–C) groups is 1. The lowest BCUT2D eigenvalue weighted by molar-refractivity contribution is 0.0241. The molecule has 118 valence electrons. The normalized spacial score (nSPS) is 21.9. The van der Waals surface area contributed by atoms with Gasteiger partial charge in [0, 0.05) is 25.4 Å². The van der Waals surface area contributed by atoms with Gasteiger partial charge in [0.25, 0.3) is 0 Å². The Kier molecular flexibility index (Phi) is 7.74. The average molecular weight is 302 g/mol. The fourth-order valence-electron chi connectivity index (χ4n) is 2.23. The maximum absolute atomic E-state index is 5.55. The van der Waals surface area contributed by atoms with Gasteiger partial charge in [-0.3, -0.25) is 4.99 Å². The molecule has 0 aromatic heterocycles. The van der Waals surface area contributed by atoms with Crippen molar-refractivity contribution < 1.29 is 4.74 Å². The van der Waals surface area contributed by atoms with Gasteiger partial charge in [-0.25, -0.2) is 0 Å². The van der Waals surface area contributed by atoms with Crippen LogP contribution in [0.25, 0.3) is 0 Å². The van der Waals surface area contributed by atoms with Crippen LogP contribution in [0.3, 0.4) is 0 Å². The molecule has 0 saturated carbocycles. The molecule has 1 aliphatic heterocycles. The van der Waals surface area contributed by atoms with Crippen molar-refractivity contribution in [2.75, 3.05) is 32.5 Å². The van der Waals surface area contributed by atoms with Crippen LogP contribution < -0.4 is 10.6 Å². The highest BCUT2D eigenvalue weighted by Gasteiger charge is 2.24. The second-order valence-corrected chi connectivity index (χ2v) is 7.73. The molecule has 2 unspecified atom stereocenters. The molecule has 1 saturated heterocycles. The molecule has 0 radical (unpaired) electrons.